The maximum Gasteiger partial charge on any atom is 0.257 e. The SMILES string of the molecule is NCCCN(Cc1cccc2ccccc12)C(=O)c1ccccc1OCc1ccccc1. The van der Waals surface area contributed by atoms with Crippen LogP contribution in [0.15, 0.2) is 97.1 Å². The van der Waals surface area contributed by atoms with E-state index in [1.165, 1.54) is 5.39 Å². The van der Waals surface area contributed by atoms with Crippen LogP contribution in [0.25, 0.3) is 10.8 Å². The Morgan fingerprint density at radius 1 is 0.812 bits per heavy atom. The van der Waals surface area contributed by atoms with Crippen LogP contribution in [-0.4, -0.2) is 23.9 Å². The zero-order valence-electron chi connectivity index (χ0n) is 18.1. The Bertz CT molecular complexity index is 1170. The minimum absolute atomic E-state index is 0.0463. The van der Waals surface area contributed by atoms with Crippen molar-refractivity contribution in [1.82, 2.24) is 4.90 Å². The van der Waals surface area contributed by atoms with Crippen molar-refractivity contribution in [2.24, 2.45) is 5.73 Å². The first-order valence-electron chi connectivity index (χ1n) is 11.0. The summed E-state index contributed by atoms with van der Waals surface area (Å²) in [6.07, 6.45) is 0.740. The van der Waals surface area contributed by atoms with E-state index in [2.05, 4.69) is 24.3 Å². The van der Waals surface area contributed by atoms with E-state index in [4.69, 9.17) is 10.5 Å². The van der Waals surface area contributed by atoms with E-state index in [1.54, 1.807) is 0 Å². The number of nitrogens with zero attached hydrogens (tertiary/aromatic N) is 1. The number of fused-ring (bicyclic) bond motifs is 1. The van der Waals surface area contributed by atoms with Crippen molar-refractivity contribution in [3.05, 3.63) is 114 Å². The Balaban J connectivity index is 1.59. The molecule has 0 aliphatic heterocycles. The van der Waals surface area contributed by atoms with Gasteiger partial charge in [0, 0.05) is 13.1 Å². The van der Waals surface area contributed by atoms with Crippen LogP contribution in [0.5, 0.6) is 5.75 Å². The Kier molecular flexibility index (Phi) is 7.15. The molecule has 0 saturated heterocycles. The Morgan fingerprint density at radius 2 is 1.53 bits per heavy atom. The molecule has 4 heteroatoms. The molecule has 0 atom stereocenters. The monoisotopic (exact) mass is 424 g/mol. The van der Waals surface area contributed by atoms with Gasteiger partial charge in [-0.05, 0) is 47.0 Å². The molecule has 0 aromatic heterocycles. The van der Waals surface area contributed by atoms with E-state index >= 15 is 0 Å². The normalized spacial score (nSPS) is 10.8. The van der Waals surface area contributed by atoms with Crippen LogP contribution in [0.1, 0.15) is 27.9 Å². The first kappa shape index (κ1) is 21.6. The summed E-state index contributed by atoms with van der Waals surface area (Å²) in [4.78, 5) is 15.5. The first-order valence-corrected chi connectivity index (χ1v) is 11.0. The second-order valence-electron chi connectivity index (χ2n) is 7.78. The summed E-state index contributed by atoms with van der Waals surface area (Å²) >= 11 is 0. The number of nitrogens with two attached hydrogens (primary N) is 1. The number of amides is 1. The van der Waals surface area contributed by atoms with Crippen LogP contribution in [0.4, 0.5) is 0 Å². The summed E-state index contributed by atoms with van der Waals surface area (Å²) in [5.74, 6) is 0.548. The highest BCUT2D eigenvalue weighted by molar-refractivity contribution is 5.97. The van der Waals surface area contributed by atoms with Gasteiger partial charge < -0.3 is 15.4 Å². The van der Waals surface area contributed by atoms with E-state index in [9.17, 15) is 4.79 Å². The van der Waals surface area contributed by atoms with Gasteiger partial charge in [0.1, 0.15) is 12.4 Å². The third-order valence-electron chi connectivity index (χ3n) is 5.52. The molecule has 32 heavy (non-hydrogen) atoms. The van der Waals surface area contributed by atoms with E-state index < -0.39 is 0 Å². The number of benzene rings is 4. The zero-order chi connectivity index (χ0) is 22.2. The summed E-state index contributed by atoms with van der Waals surface area (Å²) in [5.41, 5.74) is 8.53. The fourth-order valence-corrected chi connectivity index (χ4v) is 3.85. The number of ether oxygens (including phenoxy) is 1. The highest BCUT2D eigenvalue weighted by Gasteiger charge is 2.20. The minimum Gasteiger partial charge on any atom is -0.488 e. The summed E-state index contributed by atoms with van der Waals surface area (Å²) < 4.78 is 6.05. The molecule has 1 amide bonds. The Labute approximate surface area is 189 Å². The molecule has 0 spiro atoms. The zero-order valence-corrected chi connectivity index (χ0v) is 18.1. The van der Waals surface area contributed by atoms with Gasteiger partial charge in [-0.15, -0.1) is 0 Å². The average molecular weight is 425 g/mol. The smallest absolute Gasteiger partial charge is 0.257 e. The lowest BCUT2D eigenvalue weighted by Crippen LogP contribution is -2.33. The molecule has 0 unspecified atom stereocenters. The van der Waals surface area contributed by atoms with Crippen LogP contribution in [0.3, 0.4) is 0 Å². The molecule has 0 bridgehead atoms. The average Bonchev–Trinajstić information content (AvgIpc) is 2.86. The molecule has 0 aliphatic carbocycles. The van der Waals surface area contributed by atoms with Crippen LogP contribution in [-0.2, 0) is 13.2 Å². The summed E-state index contributed by atoms with van der Waals surface area (Å²) in [5, 5.41) is 2.33. The molecule has 4 nitrogen and oxygen atoms in total. The van der Waals surface area contributed by atoms with Crippen LogP contribution >= 0.6 is 0 Å². The van der Waals surface area contributed by atoms with Crippen molar-refractivity contribution < 1.29 is 9.53 Å². The van der Waals surface area contributed by atoms with Gasteiger partial charge >= 0.3 is 0 Å². The molecule has 0 heterocycles. The Morgan fingerprint density at radius 3 is 2.38 bits per heavy atom. The molecule has 4 aromatic carbocycles. The first-order chi connectivity index (χ1) is 15.8. The second-order valence-corrected chi connectivity index (χ2v) is 7.78. The highest BCUT2D eigenvalue weighted by Crippen LogP contribution is 2.24. The molecule has 0 saturated carbocycles. The molecular weight excluding hydrogens is 396 g/mol. The molecule has 2 N–H and O–H groups in total. The standard InChI is InChI=1S/C28H28N2O2/c29-18-9-19-30(20-24-14-8-13-23-12-4-5-15-25(23)24)28(31)26-16-6-7-17-27(26)32-21-22-10-2-1-3-11-22/h1-8,10-17H,9,18-21,29H2. The van der Waals surface area contributed by atoms with E-state index in [1.807, 2.05) is 77.7 Å². The second kappa shape index (κ2) is 10.6. The van der Waals surface area contributed by atoms with Crippen molar-refractivity contribution in [2.75, 3.05) is 13.1 Å². The summed E-state index contributed by atoms with van der Waals surface area (Å²) in [7, 11) is 0. The highest BCUT2D eigenvalue weighted by atomic mass is 16.5. The summed E-state index contributed by atoms with van der Waals surface area (Å²) in [6, 6.07) is 31.9. The number of hydrogen-bond donors (Lipinski definition) is 1. The predicted molar refractivity (Wildman–Crippen MR) is 130 cm³/mol. The number of hydrogen-bond acceptors (Lipinski definition) is 3. The maximum absolute atomic E-state index is 13.6. The number of carbonyl (C=O) groups is 1. The van der Waals surface area contributed by atoms with Crippen LogP contribution in [0.2, 0.25) is 0 Å². The van der Waals surface area contributed by atoms with E-state index in [-0.39, 0.29) is 5.91 Å². The number of rotatable bonds is 9. The lowest BCUT2D eigenvalue weighted by atomic mass is 10.0. The lowest BCUT2D eigenvalue weighted by molar-refractivity contribution is 0.0738. The van der Waals surface area contributed by atoms with Crippen molar-refractivity contribution in [3.8, 4) is 5.75 Å². The predicted octanol–water partition coefficient (Wildman–Crippen LogP) is 5.41. The Hall–Kier alpha value is -3.63. The fourth-order valence-electron chi connectivity index (χ4n) is 3.85. The van der Waals surface area contributed by atoms with Gasteiger partial charge in [-0.3, -0.25) is 4.79 Å². The maximum atomic E-state index is 13.6. The van der Waals surface area contributed by atoms with E-state index in [0.29, 0.717) is 37.6 Å². The number of para-hydroxylation sites is 1. The molecule has 0 fully saturated rings. The van der Waals surface area contributed by atoms with E-state index in [0.717, 1.165) is 22.9 Å². The quantitative estimate of drug-likeness (QED) is 0.391. The fraction of sp³-hybridized carbons (Fsp3) is 0.179. The van der Waals surface area contributed by atoms with Gasteiger partial charge in [-0.25, -0.2) is 0 Å². The number of carbonyl (C=O) groups excluding carboxylic acids is 1. The summed E-state index contributed by atoms with van der Waals surface area (Å²) in [6.45, 7) is 2.06. The van der Waals surface area contributed by atoms with Crippen molar-refractivity contribution >= 4 is 16.7 Å². The van der Waals surface area contributed by atoms with Crippen molar-refractivity contribution in [2.45, 2.75) is 19.6 Å². The molecule has 4 aromatic rings. The van der Waals surface area contributed by atoms with Crippen LogP contribution in [0, 0.1) is 0 Å². The molecule has 4 rings (SSSR count). The molecule has 162 valence electrons. The van der Waals surface area contributed by atoms with Crippen molar-refractivity contribution in [1.29, 1.82) is 0 Å². The lowest BCUT2D eigenvalue weighted by Gasteiger charge is -2.24. The topological polar surface area (TPSA) is 55.6 Å². The van der Waals surface area contributed by atoms with Gasteiger partial charge in [0.25, 0.3) is 5.91 Å². The third-order valence-corrected chi connectivity index (χ3v) is 5.52. The van der Waals surface area contributed by atoms with Gasteiger partial charge in [0.15, 0.2) is 0 Å². The molecular formula is C28H28N2O2. The van der Waals surface area contributed by atoms with Gasteiger partial charge in [0.05, 0.1) is 5.56 Å². The third kappa shape index (κ3) is 5.16. The van der Waals surface area contributed by atoms with Gasteiger partial charge in [-0.2, -0.15) is 0 Å². The minimum atomic E-state index is -0.0463. The van der Waals surface area contributed by atoms with Crippen LogP contribution < -0.4 is 10.5 Å². The largest absolute Gasteiger partial charge is 0.488 e. The van der Waals surface area contributed by atoms with Crippen molar-refractivity contribution in [3.63, 3.8) is 0 Å². The molecule has 0 radical (unpaired) electrons. The van der Waals surface area contributed by atoms with Gasteiger partial charge in [-0.1, -0.05) is 84.9 Å². The molecule has 0 aliphatic rings. The van der Waals surface area contributed by atoms with Gasteiger partial charge in [0.2, 0.25) is 0 Å².